The van der Waals surface area contributed by atoms with Crippen molar-refractivity contribution in [3.63, 3.8) is 0 Å². The standard InChI is InChI=1S/C24H29FN2O4.C21H26N2O5.C21H24N2O5.C20H24N2O5/c1-31-15-4-5-16-17(10-15)22-8-9-27(12-14-2-3-14)21(20(16)25)24(22,30)7-6-23(13-22)18(28)11-19(29)26-23;2*1-23-8-7-19-11-20(15(24)10-16(25)22-20)5-6-21(19,27)18(23)17(26)13-4-3-12(28-2)9-14(13)19;1-22-7-6-18-10-19(14(24)9-15(25)21-19)4-5-20(18,27)17(22)16(26)12-3-2-11(23)8-13(12)18/h4-5,10,14,20-21,30H,2-3,6-9,11-13H2,1H3,(H,26,29);3-4,9,17-18,26-27H,5-8,10-11H2,1-2H3,(H,22,25);3-4,9,18,27H,5-8,10-11H2,1-2H3,(H,22,25);2-3,8,16-17,23,26-27H,4-7,9-10H2,1H3,(H,21,25)/t20-,21-,22-,23+,24-;17-,18-,19-,20+,21-;18-,19-,20+,21-;16-,17-,18-,19+,20-/m1111/s1. The highest BCUT2D eigenvalue weighted by molar-refractivity contribution is 6.13. The smallest absolute Gasteiger partial charge is 0.228 e. The van der Waals surface area contributed by atoms with Gasteiger partial charge in [0.05, 0.1) is 99.8 Å². The van der Waals surface area contributed by atoms with Gasteiger partial charge in [-0.3, -0.25) is 62.8 Å². The van der Waals surface area contributed by atoms with E-state index in [1.807, 2.05) is 66.2 Å². The van der Waals surface area contributed by atoms with Crippen LogP contribution in [-0.2, 0) is 60.0 Å². The maximum absolute atomic E-state index is 16.1. The number of carbonyl (C=O) groups excluding carboxylic acids is 9. The van der Waals surface area contributed by atoms with Gasteiger partial charge in [0, 0.05) is 33.8 Å². The predicted molar refractivity (Wildman–Crippen MR) is 405 cm³/mol. The number of fused-ring (bicyclic) bond motifs is 4. The number of aliphatic hydroxyl groups is 6. The molecule has 19 atom stereocenters. The summed E-state index contributed by atoms with van der Waals surface area (Å²) in [5.74, 6) is 1.03. The summed E-state index contributed by atoms with van der Waals surface area (Å²) >= 11 is 0. The third-order valence-corrected chi connectivity index (χ3v) is 32.0. The van der Waals surface area contributed by atoms with Crippen molar-refractivity contribution in [1.82, 2.24) is 40.9 Å². The molecule has 8 heterocycles. The number of hydrogen-bond donors (Lipinski definition) is 11. The number of ketones is 5. The topological polar surface area (TPSA) is 384 Å². The van der Waals surface area contributed by atoms with Crippen LogP contribution in [-0.4, -0.2) is 252 Å². The number of phenolic OH excluding ortho intramolecular Hbond substituents is 1. The molecule has 114 heavy (non-hydrogen) atoms. The Hall–Kier alpha value is -8.16. The first-order valence-electron chi connectivity index (χ1n) is 40.6. The molecule has 4 aromatic carbocycles. The second kappa shape index (κ2) is 25.9. The van der Waals surface area contributed by atoms with E-state index in [9.17, 15) is 78.9 Å². The number of Topliss-reactive ketones (excluding diaryl/α,β-unsaturated/α-hetero) is 5. The van der Waals surface area contributed by atoms with Crippen molar-refractivity contribution in [2.45, 2.75) is 250 Å². The van der Waals surface area contributed by atoms with Crippen molar-refractivity contribution < 1.29 is 97.5 Å². The number of aromatic hydroxyl groups is 1. The molecule has 8 bridgehead atoms. The van der Waals surface area contributed by atoms with Crippen LogP contribution >= 0.6 is 0 Å². The highest BCUT2D eigenvalue weighted by Gasteiger charge is 2.76. The Kier molecular flexibility index (Phi) is 17.5. The van der Waals surface area contributed by atoms with Crippen molar-refractivity contribution in [1.29, 1.82) is 0 Å². The van der Waals surface area contributed by atoms with Crippen molar-refractivity contribution in [3.8, 4) is 23.0 Å². The summed E-state index contributed by atoms with van der Waals surface area (Å²) in [6, 6.07) is 19.0. The Morgan fingerprint density at radius 2 is 0.772 bits per heavy atom. The number of aliphatic hydroxyl groups excluding tert-OH is 2. The summed E-state index contributed by atoms with van der Waals surface area (Å²) in [4.78, 5) is 121. The van der Waals surface area contributed by atoms with Crippen LogP contribution in [0.4, 0.5) is 4.39 Å². The number of likely N-dealkylation sites (N-methyl/N-ethyl adjacent to an activating group) is 3. The molecule has 13 fully saturated rings. The van der Waals surface area contributed by atoms with Crippen molar-refractivity contribution in [3.05, 3.63) is 117 Å². The lowest BCUT2D eigenvalue weighted by Gasteiger charge is -2.66. The Labute approximate surface area is 659 Å². The lowest BCUT2D eigenvalue weighted by atomic mass is 9.46. The van der Waals surface area contributed by atoms with Gasteiger partial charge < -0.3 is 71.2 Å². The summed E-state index contributed by atoms with van der Waals surface area (Å²) < 4.78 is 32.4. The lowest BCUT2D eigenvalue weighted by molar-refractivity contribution is -0.203. The number of ether oxygens (including phenoxy) is 3. The van der Waals surface area contributed by atoms with Gasteiger partial charge in [0.2, 0.25) is 23.6 Å². The third kappa shape index (κ3) is 10.4. The average molecular weight is 1570 g/mol. The number of methoxy groups -OCH3 is 3. The number of nitrogens with zero attached hydrogens (tertiary/aromatic N) is 4. The summed E-state index contributed by atoms with van der Waals surface area (Å²) in [7, 11) is 10.4. The lowest BCUT2D eigenvalue weighted by Crippen LogP contribution is -2.77. The maximum Gasteiger partial charge on any atom is 0.228 e. The second-order valence-corrected chi connectivity index (χ2v) is 37.0. The number of carbonyl (C=O) groups is 9. The van der Waals surface area contributed by atoms with Crippen LogP contribution < -0.4 is 35.5 Å². The Balaban J connectivity index is 0.000000106. The number of likely N-dealkylation sites (tertiary alicyclic amines) is 4. The molecule has 9 aliphatic carbocycles. The first-order valence-corrected chi connectivity index (χ1v) is 40.6. The van der Waals surface area contributed by atoms with Gasteiger partial charge >= 0.3 is 0 Å². The highest BCUT2D eigenvalue weighted by atomic mass is 19.1. The Morgan fingerprint density at radius 1 is 0.421 bits per heavy atom. The molecule has 21 rings (SSSR count). The van der Waals surface area contributed by atoms with E-state index in [0.29, 0.717) is 168 Å². The Morgan fingerprint density at radius 3 is 1.18 bits per heavy atom. The number of amides is 4. The number of benzene rings is 4. The third-order valence-electron chi connectivity index (χ3n) is 32.0. The number of nitrogens with one attached hydrogen (secondary N) is 4. The predicted octanol–water partition coefficient (Wildman–Crippen LogP) is 3.31. The Bertz CT molecular complexity index is 4850. The first kappa shape index (κ1) is 77.1. The van der Waals surface area contributed by atoms with E-state index in [1.165, 1.54) is 12.8 Å². The molecule has 4 spiro atoms. The molecule has 0 radical (unpaired) electrons. The largest absolute Gasteiger partial charge is 0.508 e. The number of halogens is 1. The van der Waals surface area contributed by atoms with Crippen LogP contribution in [0.5, 0.6) is 23.0 Å². The normalized spacial score (nSPS) is 41.7. The van der Waals surface area contributed by atoms with Crippen molar-refractivity contribution in [2.24, 2.45) is 5.92 Å². The minimum absolute atomic E-state index is 0.0662. The quantitative estimate of drug-likeness (QED) is 0.128. The number of phenols is 1. The van der Waals surface area contributed by atoms with Crippen LogP contribution in [0.25, 0.3) is 0 Å². The number of piperidine rings is 4. The van der Waals surface area contributed by atoms with Crippen LogP contribution in [0.2, 0.25) is 0 Å². The molecule has 4 amide bonds. The monoisotopic (exact) mass is 1570 g/mol. The molecular weight excluding hydrogens is 1470 g/mol. The van der Waals surface area contributed by atoms with Gasteiger partial charge in [-0.15, -0.1) is 0 Å². The zero-order valence-electron chi connectivity index (χ0n) is 65.3. The van der Waals surface area contributed by atoms with E-state index >= 15 is 4.39 Å². The number of hydrogen-bond acceptors (Lipinski definition) is 23. The van der Waals surface area contributed by atoms with Gasteiger partial charge in [0.1, 0.15) is 57.4 Å². The molecule has 28 heteroatoms. The van der Waals surface area contributed by atoms with E-state index in [4.69, 9.17) is 14.2 Å². The summed E-state index contributed by atoms with van der Waals surface area (Å²) in [5.41, 5.74) is -6.24. The highest BCUT2D eigenvalue weighted by Crippen LogP contribution is 2.68. The van der Waals surface area contributed by atoms with E-state index in [1.54, 1.807) is 63.8 Å². The van der Waals surface area contributed by atoms with Gasteiger partial charge in [-0.25, -0.2) is 4.39 Å². The van der Waals surface area contributed by atoms with Gasteiger partial charge in [0.15, 0.2) is 28.9 Å². The minimum Gasteiger partial charge on any atom is -0.508 e. The molecular formula is C86H103FN8O19. The SMILES string of the molecule is CN1CC[C@]23C[C@]4(CC[C@@]2(O)[C@H]1[C@H](O)c1ccc(O)cc13)NC(=O)CC4=O.COc1ccc2c(c1)[C@]13CCN(C)[C@H](C2=O)[C@]1(O)CC[C@@]1(C3)NC(=O)CC1=O.COc1ccc2c(c1)[C@]13CCN(C)[C@H]([C@@H]2O)[C@]1(O)CC[C@@]1(C3)NC(=O)CC1=O.COc1ccc2c(c1)[C@]13CCN(CC4CC4)[C@H]([C@@H]2F)[C@]1(O)CC[C@@]1(C3)NC(=O)CC1=O. The zero-order valence-corrected chi connectivity index (χ0v) is 65.3. The first-order chi connectivity index (χ1) is 54.1. The van der Waals surface area contributed by atoms with Gasteiger partial charge in [-0.2, -0.15) is 0 Å². The van der Waals surface area contributed by atoms with Crippen LogP contribution in [0, 0.1) is 5.92 Å². The maximum atomic E-state index is 16.1. The number of rotatable bonds is 5. The van der Waals surface area contributed by atoms with Gasteiger partial charge in [-0.1, -0.05) is 18.2 Å². The fourth-order valence-electron chi connectivity index (χ4n) is 26.4. The van der Waals surface area contributed by atoms with Crippen molar-refractivity contribution >= 4 is 52.5 Å². The van der Waals surface area contributed by atoms with E-state index in [-0.39, 0.29) is 90.4 Å². The molecule has 5 saturated carbocycles. The molecule has 8 saturated heterocycles. The molecule has 608 valence electrons. The second-order valence-electron chi connectivity index (χ2n) is 37.0. The average Bonchev–Trinajstić information content (AvgIpc) is 0.908. The fourth-order valence-corrected chi connectivity index (χ4v) is 26.4. The van der Waals surface area contributed by atoms with E-state index in [2.05, 4.69) is 26.2 Å². The summed E-state index contributed by atoms with van der Waals surface area (Å²) in [5, 5.41) is 92.3. The van der Waals surface area contributed by atoms with Crippen LogP contribution in [0.1, 0.15) is 209 Å². The van der Waals surface area contributed by atoms with Gasteiger partial charge in [0.25, 0.3) is 0 Å². The summed E-state index contributed by atoms with van der Waals surface area (Å²) in [6.45, 7) is 3.47. The zero-order chi connectivity index (χ0) is 80.6. The van der Waals surface area contributed by atoms with Crippen LogP contribution in [0.15, 0.2) is 72.8 Å². The van der Waals surface area contributed by atoms with Crippen LogP contribution in [0.3, 0.4) is 0 Å². The summed E-state index contributed by atoms with van der Waals surface area (Å²) in [6.07, 6.45) is 5.37. The minimum atomic E-state index is -1.30. The van der Waals surface area contributed by atoms with Crippen molar-refractivity contribution in [2.75, 3.05) is 75.2 Å². The van der Waals surface area contributed by atoms with E-state index < -0.39 is 109 Å². The molecule has 0 aromatic heterocycles. The molecule has 8 aliphatic heterocycles. The van der Waals surface area contributed by atoms with E-state index in [0.717, 1.165) is 28.8 Å². The van der Waals surface area contributed by atoms with Gasteiger partial charge in [-0.05, 0) is 262 Å². The number of alkyl halides is 1. The molecule has 0 unspecified atom stereocenters. The molecule has 4 aromatic rings. The molecule has 27 nitrogen and oxygen atoms in total. The fraction of sp³-hybridized carbons (Fsp3) is 0.616. The molecule has 17 aliphatic rings. The molecule has 11 N–H and O–H groups in total.